The average Bonchev–Trinajstić information content (AvgIpc) is 3.24. The van der Waals surface area contributed by atoms with Gasteiger partial charge in [0, 0.05) is 36.5 Å². The van der Waals surface area contributed by atoms with Gasteiger partial charge in [-0.3, -0.25) is 4.98 Å². The van der Waals surface area contributed by atoms with Crippen LogP contribution in [0.15, 0.2) is 85.2 Å². The summed E-state index contributed by atoms with van der Waals surface area (Å²) in [6.07, 6.45) is 11.8. The first-order valence-electron chi connectivity index (χ1n) is 11.6. The predicted molar refractivity (Wildman–Crippen MR) is 134 cm³/mol. The maximum atomic E-state index is 13.6. The van der Waals surface area contributed by atoms with Crippen LogP contribution >= 0.6 is 0 Å². The lowest BCUT2D eigenvalue weighted by Gasteiger charge is -2.12. The van der Waals surface area contributed by atoms with Crippen molar-refractivity contribution in [3.63, 3.8) is 0 Å². The molecule has 0 fully saturated rings. The Kier molecular flexibility index (Phi) is 7.97. The van der Waals surface area contributed by atoms with Crippen molar-refractivity contribution in [3.8, 4) is 28.6 Å². The summed E-state index contributed by atoms with van der Waals surface area (Å²) in [5.41, 5.74) is 5.03. The Morgan fingerprint density at radius 2 is 1.68 bits per heavy atom. The number of hydrogen-bond acceptors (Lipinski definition) is 3. The Balaban J connectivity index is 1.70. The van der Waals surface area contributed by atoms with Crippen molar-refractivity contribution in [1.82, 2.24) is 14.5 Å². The highest BCUT2D eigenvalue weighted by Crippen LogP contribution is 2.33. The van der Waals surface area contributed by atoms with Crippen molar-refractivity contribution in [2.24, 2.45) is 0 Å². The lowest BCUT2D eigenvalue weighted by molar-refractivity contribution is 0.609. The third-order valence-corrected chi connectivity index (χ3v) is 5.70. The molecule has 34 heavy (non-hydrogen) atoms. The minimum atomic E-state index is -0.272. The van der Waals surface area contributed by atoms with Crippen LogP contribution in [0.1, 0.15) is 37.1 Å². The van der Waals surface area contributed by atoms with Crippen LogP contribution in [0.2, 0.25) is 0 Å². The summed E-state index contributed by atoms with van der Waals surface area (Å²) >= 11 is 0. The van der Waals surface area contributed by atoms with Crippen molar-refractivity contribution in [1.29, 1.82) is 5.26 Å². The summed E-state index contributed by atoms with van der Waals surface area (Å²) < 4.78 is 15.9. The summed E-state index contributed by atoms with van der Waals surface area (Å²) in [5.74, 6) is 0.565. The van der Waals surface area contributed by atoms with Crippen LogP contribution in [0.5, 0.6) is 0 Å². The number of pyridine rings is 1. The number of nitriles is 1. The molecule has 5 heteroatoms. The molecule has 0 aliphatic carbocycles. The minimum absolute atomic E-state index is 0.272. The molecule has 0 bridgehead atoms. The van der Waals surface area contributed by atoms with Crippen molar-refractivity contribution >= 4 is 6.08 Å². The normalized spacial score (nSPS) is 11.1. The average molecular weight is 451 g/mol. The van der Waals surface area contributed by atoms with E-state index in [1.807, 2.05) is 30.4 Å². The second-order valence-electron chi connectivity index (χ2n) is 8.10. The van der Waals surface area contributed by atoms with Gasteiger partial charge in [-0.2, -0.15) is 5.26 Å². The molecule has 0 aliphatic heterocycles. The number of allylic oxidation sites excluding steroid dienone is 1. The van der Waals surface area contributed by atoms with Gasteiger partial charge < -0.3 is 4.57 Å². The highest BCUT2D eigenvalue weighted by Gasteiger charge is 2.19. The summed E-state index contributed by atoms with van der Waals surface area (Å²) in [6.45, 7) is 0.802. The van der Waals surface area contributed by atoms with Gasteiger partial charge in [-0.25, -0.2) is 9.37 Å². The van der Waals surface area contributed by atoms with Gasteiger partial charge in [0.05, 0.1) is 17.5 Å². The number of unbranched alkanes of at least 4 members (excludes halogenated alkanes) is 2. The van der Waals surface area contributed by atoms with Crippen molar-refractivity contribution in [3.05, 3.63) is 102 Å². The molecule has 0 amide bonds. The van der Waals surface area contributed by atoms with Crippen LogP contribution in [0.4, 0.5) is 4.39 Å². The van der Waals surface area contributed by atoms with E-state index in [0.717, 1.165) is 54.1 Å². The Labute approximate surface area is 200 Å². The number of halogens is 1. The largest absolute Gasteiger partial charge is 0.324 e. The molecule has 0 radical (unpaired) electrons. The highest BCUT2D eigenvalue weighted by atomic mass is 19.1. The zero-order valence-electron chi connectivity index (χ0n) is 19.1. The Morgan fingerprint density at radius 1 is 0.912 bits per heavy atom. The number of imidazole rings is 1. The van der Waals surface area contributed by atoms with Gasteiger partial charge in [0.15, 0.2) is 0 Å². The number of nitrogens with zero attached hydrogens (tertiary/aromatic N) is 4. The van der Waals surface area contributed by atoms with Crippen LogP contribution in [-0.2, 0) is 13.0 Å². The first-order valence-corrected chi connectivity index (χ1v) is 11.6. The fourth-order valence-corrected chi connectivity index (χ4v) is 4.02. The summed E-state index contributed by atoms with van der Waals surface area (Å²) in [7, 11) is 0. The molecule has 0 aliphatic rings. The van der Waals surface area contributed by atoms with E-state index in [2.05, 4.69) is 39.9 Å². The van der Waals surface area contributed by atoms with Gasteiger partial charge in [-0.05, 0) is 73.7 Å². The number of aromatic nitrogens is 3. The van der Waals surface area contributed by atoms with Crippen molar-refractivity contribution in [2.45, 2.75) is 38.6 Å². The fourth-order valence-electron chi connectivity index (χ4n) is 4.02. The molecule has 4 nitrogen and oxygen atoms in total. The number of rotatable bonds is 10. The van der Waals surface area contributed by atoms with E-state index in [9.17, 15) is 4.39 Å². The molecule has 0 spiro atoms. The third kappa shape index (κ3) is 5.85. The van der Waals surface area contributed by atoms with Crippen LogP contribution in [0.25, 0.3) is 28.6 Å². The van der Waals surface area contributed by atoms with Crippen LogP contribution in [0.3, 0.4) is 0 Å². The zero-order valence-corrected chi connectivity index (χ0v) is 19.1. The molecule has 0 N–H and O–H groups in total. The Bertz CT molecular complexity index is 1250. The van der Waals surface area contributed by atoms with Crippen molar-refractivity contribution in [2.75, 3.05) is 0 Å². The molecular formula is C29H27FN4. The quantitative estimate of drug-likeness (QED) is 0.242. The van der Waals surface area contributed by atoms with Gasteiger partial charge in [-0.1, -0.05) is 36.4 Å². The standard InChI is InChI=1S/C29H27FN4/c30-26-15-13-24(14-16-26)28-29(25-17-20-32-21-18-25)34(27(33-28)12-5-2-7-19-31)22-8-6-11-23-9-3-1-4-10-23/h1,3-5,9-10,12-18,20-21H,2,6-8,11,22H2/b12-5-. The number of hydrogen-bond donors (Lipinski definition) is 0. The SMILES string of the molecule is N#CCC/C=C\c1nc(-c2ccc(F)cc2)c(-c2ccncc2)n1CCCCc1ccccc1. The predicted octanol–water partition coefficient (Wildman–Crippen LogP) is 7.09. The summed E-state index contributed by atoms with van der Waals surface area (Å²) in [6, 6.07) is 23.1. The van der Waals surface area contributed by atoms with E-state index in [1.54, 1.807) is 24.5 Å². The van der Waals surface area contributed by atoms with E-state index in [0.29, 0.717) is 12.8 Å². The number of aryl methyl sites for hydroxylation is 1. The van der Waals surface area contributed by atoms with Gasteiger partial charge >= 0.3 is 0 Å². The fraction of sp³-hybridized carbons (Fsp3) is 0.207. The van der Waals surface area contributed by atoms with Crippen LogP contribution in [0, 0.1) is 17.1 Å². The van der Waals surface area contributed by atoms with E-state index in [4.69, 9.17) is 10.2 Å². The zero-order chi connectivity index (χ0) is 23.6. The molecular weight excluding hydrogens is 423 g/mol. The molecule has 170 valence electrons. The molecule has 4 rings (SSSR count). The molecule has 0 saturated heterocycles. The first kappa shape index (κ1) is 23.1. The van der Waals surface area contributed by atoms with E-state index < -0.39 is 0 Å². The second kappa shape index (κ2) is 11.7. The van der Waals surface area contributed by atoms with Gasteiger partial charge in [0.2, 0.25) is 0 Å². The summed E-state index contributed by atoms with van der Waals surface area (Å²) in [5, 5.41) is 8.88. The molecule has 4 aromatic rings. The molecule has 0 unspecified atom stereocenters. The lowest BCUT2D eigenvalue weighted by Crippen LogP contribution is -2.04. The maximum Gasteiger partial charge on any atom is 0.133 e. The molecule has 2 heterocycles. The third-order valence-electron chi connectivity index (χ3n) is 5.70. The highest BCUT2D eigenvalue weighted by molar-refractivity contribution is 5.80. The Hall–Kier alpha value is -4.04. The van der Waals surface area contributed by atoms with Gasteiger partial charge in [0.1, 0.15) is 11.6 Å². The number of benzene rings is 2. The monoisotopic (exact) mass is 450 g/mol. The van der Waals surface area contributed by atoms with E-state index in [-0.39, 0.29) is 5.82 Å². The van der Waals surface area contributed by atoms with Gasteiger partial charge in [-0.15, -0.1) is 0 Å². The first-order chi connectivity index (χ1) is 16.8. The lowest BCUT2D eigenvalue weighted by atomic mass is 10.1. The molecule has 2 aromatic heterocycles. The minimum Gasteiger partial charge on any atom is -0.324 e. The smallest absolute Gasteiger partial charge is 0.133 e. The molecule has 0 atom stereocenters. The summed E-state index contributed by atoms with van der Waals surface area (Å²) in [4.78, 5) is 9.15. The van der Waals surface area contributed by atoms with Crippen molar-refractivity contribution < 1.29 is 4.39 Å². The van der Waals surface area contributed by atoms with Crippen LogP contribution < -0.4 is 0 Å². The molecule has 0 saturated carbocycles. The van der Waals surface area contributed by atoms with E-state index in [1.165, 1.54) is 17.7 Å². The maximum absolute atomic E-state index is 13.6. The van der Waals surface area contributed by atoms with E-state index >= 15 is 0 Å². The second-order valence-corrected chi connectivity index (χ2v) is 8.10. The Morgan fingerprint density at radius 3 is 2.41 bits per heavy atom. The van der Waals surface area contributed by atoms with Gasteiger partial charge in [0.25, 0.3) is 0 Å². The topological polar surface area (TPSA) is 54.5 Å². The van der Waals surface area contributed by atoms with Crippen LogP contribution in [-0.4, -0.2) is 14.5 Å². The molecule has 2 aromatic carbocycles.